The van der Waals surface area contributed by atoms with Crippen molar-refractivity contribution in [2.45, 2.75) is 32.9 Å². The van der Waals surface area contributed by atoms with Gasteiger partial charge in [0.1, 0.15) is 5.75 Å². The highest BCUT2D eigenvalue weighted by molar-refractivity contribution is 6.30. The van der Waals surface area contributed by atoms with Crippen LogP contribution in [0.4, 0.5) is 0 Å². The van der Waals surface area contributed by atoms with E-state index in [1.54, 1.807) is 31.2 Å². The molecular formula is C20H20ClN3O3. The molecule has 1 N–H and O–H groups in total. The van der Waals surface area contributed by atoms with Gasteiger partial charge in [-0.2, -0.15) is 4.98 Å². The van der Waals surface area contributed by atoms with Crippen LogP contribution in [0, 0.1) is 0 Å². The molecular weight excluding hydrogens is 366 g/mol. The number of benzene rings is 2. The van der Waals surface area contributed by atoms with Crippen LogP contribution in [0.3, 0.4) is 0 Å². The summed E-state index contributed by atoms with van der Waals surface area (Å²) in [5.41, 5.74) is 1.84. The Morgan fingerprint density at radius 2 is 1.96 bits per heavy atom. The van der Waals surface area contributed by atoms with Crippen molar-refractivity contribution in [1.82, 2.24) is 15.5 Å². The minimum atomic E-state index is -0.642. The summed E-state index contributed by atoms with van der Waals surface area (Å²) in [5, 5.41) is 7.30. The molecule has 0 unspecified atom stereocenters. The van der Waals surface area contributed by atoms with Crippen molar-refractivity contribution in [2.75, 3.05) is 0 Å². The summed E-state index contributed by atoms with van der Waals surface area (Å²) in [6.45, 7) is 3.87. The molecule has 27 heavy (non-hydrogen) atoms. The molecule has 0 aliphatic heterocycles. The minimum absolute atomic E-state index is 0.128. The molecule has 0 saturated heterocycles. The fraction of sp³-hybridized carbons (Fsp3) is 0.250. The van der Waals surface area contributed by atoms with Gasteiger partial charge >= 0.3 is 0 Å². The van der Waals surface area contributed by atoms with Gasteiger partial charge in [0.2, 0.25) is 11.7 Å². The Hall–Kier alpha value is -2.86. The molecule has 0 fully saturated rings. The number of amides is 1. The molecule has 6 nitrogen and oxygen atoms in total. The van der Waals surface area contributed by atoms with E-state index in [0.717, 1.165) is 17.5 Å². The molecule has 140 valence electrons. The van der Waals surface area contributed by atoms with Crippen LogP contribution in [0.2, 0.25) is 5.02 Å². The molecule has 3 aromatic rings. The van der Waals surface area contributed by atoms with Crippen molar-refractivity contribution in [3.05, 3.63) is 65.0 Å². The molecule has 0 bridgehead atoms. The van der Waals surface area contributed by atoms with E-state index in [1.165, 1.54) is 0 Å². The largest absolute Gasteiger partial charge is 0.481 e. The SMILES string of the molecule is CCc1ccccc1O[C@@H](C)C(=O)NCc1nc(-c2ccc(Cl)cc2)no1. The lowest BCUT2D eigenvalue weighted by atomic mass is 10.1. The zero-order valence-electron chi connectivity index (χ0n) is 15.1. The third-order valence-corrected chi connectivity index (χ3v) is 4.26. The first-order valence-corrected chi connectivity index (χ1v) is 9.05. The first-order chi connectivity index (χ1) is 13.1. The summed E-state index contributed by atoms with van der Waals surface area (Å²) >= 11 is 5.87. The first-order valence-electron chi connectivity index (χ1n) is 8.67. The number of hydrogen-bond donors (Lipinski definition) is 1. The second-order valence-electron chi connectivity index (χ2n) is 5.96. The van der Waals surface area contributed by atoms with Crippen LogP contribution in [-0.4, -0.2) is 22.2 Å². The fourth-order valence-corrected chi connectivity index (χ4v) is 2.63. The lowest BCUT2D eigenvalue weighted by Gasteiger charge is -2.16. The van der Waals surface area contributed by atoms with Crippen molar-refractivity contribution in [1.29, 1.82) is 0 Å². The van der Waals surface area contributed by atoms with E-state index in [9.17, 15) is 4.79 Å². The van der Waals surface area contributed by atoms with Crippen LogP contribution in [0.1, 0.15) is 25.3 Å². The number of aryl methyl sites for hydroxylation is 1. The Morgan fingerprint density at radius 1 is 1.22 bits per heavy atom. The van der Waals surface area contributed by atoms with Crippen molar-refractivity contribution < 1.29 is 14.1 Å². The molecule has 0 spiro atoms. The van der Waals surface area contributed by atoms with Crippen LogP contribution in [0.15, 0.2) is 53.1 Å². The molecule has 7 heteroatoms. The number of para-hydroxylation sites is 1. The average molecular weight is 386 g/mol. The second kappa shape index (κ2) is 8.68. The lowest BCUT2D eigenvalue weighted by molar-refractivity contribution is -0.127. The van der Waals surface area contributed by atoms with Gasteiger partial charge in [0.25, 0.3) is 5.91 Å². The van der Waals surface area contributed by atoms with Gasteiger partial charge in [0.05, 0.1) is 6.54 Å². The predicted octanol–water partition coefficient (Wildman–Crippen LogP) is 4.04. The predicted molar refractivity (Wildman–Crippen MR) is 103 cm³/mol. The van der Waals surface area contributed by atoms with E-state index in [-0.39, 0.29) is 12.5 Å². The van der Waals surface area contributed by atoms with Crippen molar-refractivity contribution >= 4 is 17.5 Å². The summed E-state index contributed by atoms with van der Waals surface area (Å²) in [6.07, 6.45) is 0.191. The zero-order chi connectivity index (χ0) is 19.2. The van der Waals surface area contributed by atoms with E-state index >= 15 is 0 Å². The molecule has 2 aromatic carbocycles. The highest BCUT2D eigenvalue weighted by atomic mass is 35.5. The van der Waals surface area contributed by atoms with E-state index in [2.05, 4.69) is 15.5 Å². The van der Waals surface area contributed by atoms with E-state index < -0.39 is 6.10 Å². The number of rotatable bonds is 7. The van der Waals surface area contributed by atoms with Crippen LogP contribution in [0.5, 0.6) is 5.75 Å². The Morgan fingerprint density at radius 3 is 2.70 bits per heavy atom. The maximum atomic E-state index is 12.3. The fourth-order valence-electron chi connectivity index (χ4n) is 2.50. The van der Waals surface area contributed by atoms with Gasteiger partial charge < -0.3 is 14.6 Å². The number of aromatic nitrogens is 2. The number of ether oxygens (including phenoxy) is 1. The number of nitrogens with zero attached hydrogens (tertiary/aromatic N) is 2. The molecule has 0 aliphatic rings. The van der Waals surface area contributed by atoms with Crippen LogP contribution >= 0.6 is 11.6 Å². The zero-order valence-corrected chi connectivity index (χ0v) is 15.9. The molecule has 3 rings (SSSR count). The number of hydrogen-bond acceptors (Lipinski definition) is 5. The van der Waals surface area contributed by atoms with Gasteiger partial charge in [0, 0.05) is 10.6 Å². The molecule has 0 saturated carbocycles. The summed E-state index contributed by atoms with van der Waals surface area (Å²) in [6, 6.07) is 14.8. The maximum absolute atomic E-state index is 12.3. The van der Waals surface area contributed by atoms with Crippen molar-refractivity contribution in [3.63, 3.8) is 0 Å². The van der Waals surface area contributed by atoms with Gasteiger partial charge in [-0.3, -0.25) is 4.79 Å². The van der Waals surface area contributed by atoms with Gasteiger partial charge in [-0.15, -0.1) is 0 Å². The van der Waals surface area contributed by atoms with Gasteiger partial charge in [-0.1, -0.05) is 41.9 Å². The normalized spacial score (nSPS) is 11.8. The highest BCUT2D eigenvalue weighted by Gasteiger charge is 2.17. The van der Waals surface area contributed by atoms with Gasteiger partial charge in [0.15, 0.2) is 6.10 Å². The van der Waals surface area contributed by atoms with E-state index in [1.807, 2.05) is 31.2 Å². The Labute approximate surface area is 162 Å². The van der Waals surface area contributed by atoms with E-state index in [0.29, 0.717) is 22.5 Å². The summed E-state index contributed by atoms with van der Waals surface area (Å²) in [4.78, 5) is 16.6. The number of halogens is 1. The molecule has 0 radical (unpaired) electrons. The molecule has 1 aromatic heterocycles. The summed E-state index contributed by atoms with van der Waals surface area (Å²) < 4.78 is 11.0. The monoisotopic (exact) mass is 385 g/mol. The minimum Gasteiger partial charge on any atom is -0.481 e. The number of nitrogens with one attached hydrogen (secondary N) is 1. The van der Waals surface area contributed by atoms with Crippen LogP contribution in [0.25, 0.3) is 11.4 Å². The van der Waals surface area contributed by atoms with Crippen molar-refractivity contribution in [3.8, 4) is 17.1 Å². The topological polar surface area (TPSA) is 77.2 Å². The number of carbonyl (C=O) groups excluding carboxylic acids is 1. The quantitative estimate of drug-likeness (QED) is 0.664. The lowest BCUT2D eigenvalue weighted by Crippen LogP contribution is -2.36. The molecule has 1 amide bonds. The second-order valence-corrected chi connectivity index (χ2v) is 6.39. The molecule has 0 aliphatic carbocycles. The van der Waals surface area contributed by atoms with Crippen LogP contribution in [-0.2, 0) is 17.8 Å². The Kier molecular flexibility index (Phi) is 6.08. The standard InChI is InChI=1S/C20H20ClN3O3/c1-3-14-6-4-5-7-17(14)26-13(2)20(25)22-12-18-23-19(24-27-18)15-8-10-16(21)11-9-15/h4-11,13H,3,12H2,1-2H3,(H,22,25)/t13-/m0/s1. The summed E-state index contributed by atoms with van der Waals surface area (Å²) in [5.74, 6) is 1.21. The Balaban J connectivity index is 1.56. The summed E-state index contributed by atoms with van der Waals surface area (Å²) in [7, 11) is 0. The Bertz CT molecular complexity index is 909. The molecule has 1 atom stereocenters. The smallest absolute Gasteiger partial charge is 0.261 e. The third kappa shape index (κ3) is 4.86. The first kappa shape index (κ1) is 18.9. The third-order valence-electron chi connectivity index (χ3n) is 4.01. The number of carbonyl (C=O) groups is 1. The average Bonchev–Trinajstić information content (AvgIpc) is 3.16. The van der Waals surface area contributed by atoms with Gasteiger partial charge in [-0.05, 0) is 49.2 Å². The maximum Gasteiger partial charge on any atom is 0.261 e. The highest BCUT2D eigenvalue weighted by Crippen LogP contribution is 2.20. The van der Waals surface area contributed by atoms with Crippen LogP contribution < -0.4 is 10.1 Å². The van der Waals surface area contributed by atoms with Crippen molar-refractivity contribution in [2.24, 2.45) is 0 Å². The van der Waals surface area contributed by atoms with Gasteiger partial charge in [-0.25, -0.2) is 0 Å². The molecule has 1 heterocycles. The van der Waals surface area contributed by atoms with E-state index in [4.69, 9.17) is 20.9 Å².